The van der Waals surface area contributed by atoms with Crippen LogP contribution in [0, 0.1) is 0 Å². The number of halogens is 1. The first-order chi connectivity index (χ1) is 14.6. The number of carbonyl (C=O) groups is 2. The first-order valence-corrected chi connectivity index (χ1v) is 10.7. The molecule has 0 unspecified atom stereocenters. The number of likely N-dealkylation sites (tertiary alicyclic amines) is 1. The molecule has 1 saturated heterocycles. The van der Waals surface area contributed by atoms with Crippen molar-refractivity contribution in [1.82, 2.24) is 20.0 Å². The van der Waals surface area contributed by atoms with Crippen molar-refractivity contribution in [3.05, 3.63) is 64.8 Å². The third-order valence-corrected chi connectivity index (χ3v) is 5.91. The van der Waals surface area contributed by atoms with Crippen LogP contribution in [0.5, 0.6) is 0 Å². The minimum absolute atomic E-state index is 0.100. The lowest BCUT2D eigenvalue weighted by molar-refractivity contribution is -0.131. The van der Waals surface area contributed by atoms with E-state index in [-0.39, 0.29) is 18.4 Å². The Bertz CT molecular complexity index is 1050. The van der Waals surface area contributed by atoms with Crippen LogP contribution in [0.3, 0.4) is 0 Å². The van der Waals surface area contributed by atoms with Crippen LogP contribution in [0.4, 0.5) is 0 Å². The number of amides is 2. The van der Waals surface area contributed by atoms with Gasteiger partial charge in [-0.1, -0.05) is 42.6 Å². The van der Waals surface area contributed by atoms with Gasteiger partial charge in [0, 0.05) is 35.6 Å². The molecule has 0 radical (unpaired) electrons. The molecule has 0 saturated carbocycles. The van der Waals surface area contributed by atoms with Gasteiger partial charge in [-0.25, -0.2) is 0 Å². The summed E-state index contributed by atoms with van der Waals surface area (Å²) in [6, 6.07) is 12.9. The van der Waals surface area contributed by atoms with Gasteiger partial charge in [0.05, 0.1) is 11.7 Å². The Labute approximate surface area is 180 Å². The molecule has 4 rings (SSSR count). The van der Waals surface area contributed by atoms with Gasteiger partial charge >= 0.3 is 0 Å². The van der Waals surface area contributed by atoms with Crippen LogP contribution in [-0.2, 0) is 17.9 Å². The van der Waals surface area contributed by atoms with E-state index >= 15 is 0 Å². The maximum Gasteiger partial charge on any atom is 0.251 e. The molecule has 1 aromatic heterocycles. The van der Waals surface area contributed by atoms with Gasteiger partial charge in [0.15, 0.2) is 0 Å². The van der Waals surface area contributed by atoms with Crippen LogP contribution < -0.4 is 5.32 Å². The summed E-state index contributed by atoms with van der Waals surface area (Å²) >= 11 is 6.15. The van der Waals surface area contributed by atoms with Crippen LogP contribution in [0.15, 0.2) is 48.7 Å². The smallest absolute Gasteiger partial charge is 0.251 e. The summed E-state index contributed by atoms with van der Waals surface area (Å²) < 4.78 is 1.72. The number of aromatic nitrogens is 2. The maximum atomic E-state index is 12.7. The van der Waals surface area contributed by atoms with Crippen LogP contribution in [0.25, 0.3) is 10.9 Å². The van der Waals surface area contributed by atoms with Crippen molar-refractivity contribution >= 4 is 34.3 Å². The molecule has 30 heavy (non-hydrogen) atoms. The van der Waals surface area contributed by atoms with E-state index in [1.54, 1.807) is 29.1 Å². The SMILES string of the molecule is O=C(NCc1ccccc1Cl)c1ccc2c(cnn2CC(=O)N2CCCCCC2)c1. The van der Waals surface area contributed by atoms with E-state index in [4.69, 9.17) is 11.6 Å². The van der Waals surface area contributed by atoms with Crippen molar-refractivity contribution in [2.75, 3.05) is 13.1 Å². The summed E-state index contributed by atoms with van der Waals surface area (Å²) in [4.78, 5) is 27.2. The van der Waals surface area contributed by atoms with Gasteiger partial charge in [0.25, 0.3) is 5.91 Å². The Kier molecular flexibility index (Phi) is 6.33. The first-order valence-electron chi connectivity index (χ1n) is 10.4. The van der Waals surface area contributed by atoms with Crippen LogP contribution in [0.1, 0.15) is 41.6 Å². The standard InChI is InChI=1S/C23H25ClN4O2/c24-20-8-4-3-7-18(20)14-25-23(30)17-9-10-21-19(13-17)15-26-28(21)16-22(29)27-11-5-1-2-6-12-27/h3-4,7-10,13,15H,1-2,5-6,11-12,14,16H2,(H,25,30). The topological polar surface area (TPSA) is 67.2 Å². The second kappa shape index (κ2) is 9.30. The normalized spacial score (nSPS) is 14.5. The highest BCUT2D eigenvalue weighted by atomic mass is 35.5. The van der Waals surface area contributed by atoms with E-state index in [1.807, 2.05) is 29.2 Å². The Morgan fingerprint density at radius 3 is 2.57 bits per heavy atom. The molecule has 0 spiro atoms. The summed E-state index contributed by atoms with van der Waals surface area (Å²) in [6.45, 7) is 2.24. The molecule has 1 N–H and O–H groups in total. The lowest BCUT2D eigenvalue weighted by atomic mass is 10.1. The second-order valence-electron chi connectivity index (χ2n) is 7.64. The minimum atomic E-state index is -0.176. The van der Waals surface area contributed by atoms with Crippen molar-refractivity contribution in [3.63, 3.8) is 0 Å². The van der Waals surface area contributed by atoms with Crippen molar-refractivity contribution in [1.29, 1.82) is 0 Å². The van der Waals surface area contributed by atoms with E-state index in [0.717, 1.165) is 42.4 Å². The second-order valence-corrected chi connectivity index (χ2v) is 8.05. The van der Waals surface area contributed by atoms with Crippen molar-refractivity contribution in [3.8, 4) is 0 Å². The minimum Gasteiger partial charge on any atom is -0.348 e. The number of hydrogen-bond donors (Lipinski definition) is 1. The number of nitrogens with one attached hydrogen (secondary N) is 1. The van der Waals surface area contributed by atoms with Gasteiger partial charge in [0.1, 0.15) is 6.54 Å². The highest BCUT2D eigenvalue weighted by Gasteiger charge is 2.17. The van der Waals surface area contributed by atoms with Gasteiger partial charge in [-0.15, -0.1) is 0 Å². The number of fused-ring (bicyclic) bond motifs is 1. The third kappa shape index (κ3) is 4.65. The summed E-state index contributed by atoms with van der Waals surface area (Å²) in [5.41, 5.74) is 2.27. The molecule has 0 aliphatic carbocycles. The van der Waals surface area contributed by atoms with Gasteiger partial charge < -0.3 is 10.2 Å². The van der Waals surface area contributed by atoms with Crippen molar-refractivity contribution in [2.24, 2.45) is 0 Å². The zero-order valence-electron chi connectivity index (χ0n) is 16.8. The van der Waals surface area contributed by atoms with Gasteiger partial charge in [0.2, 0.25) is 5.91 Å². The first kappa shape index (κ1) is 20.4. The fraction of sp³-hybridized carbons (Fsp3) is 0.348. The number of benzene rings is 2. The highest BCUT2D eigenvalue weighted by Crippen LogP contribution is 2.18. The lowest BCUT2D eigenvalue weighted by Crippen LogP contribution is -2.34. The molecule has 1 fully saturated rings. The molecule has 3 aromatic rings. The molecule has 6 nitrogen and oxygen atoms in total. The Hall–Kier alpha value is -2.86. The molecule has 7 heteroatoms. The summed E-state index contributed by atoms with van der Waals surface area (Å²) in [5.74, 6) is -0.0753. The predicted octanol–water partition coefficient (Wildman–Crippen LogP) is 4.02. The number of nitrogens with zero attached hydrogens (tertiary/aromatic N) is 3. The summed E-state index contributed by atoms with van der Waals surface area (Å²) in [7, 11) is 0. The molecule has 2 aromatic carbocycles. The van der Waals surface area contributed by atoms with Gasteiger partial charge in [-0.05, 0) is 42.7 Å². The highest BCUT2D eigenvalue weighted by molar-refractivity contribution is 6.31. The molecule has 156 valence electrons. The predicted molar refractivity (Wildman–Crippen MR) is 117 cm³/mol. The largest absolute Gasteiger partial charge is 0.348 e. The maximum absolute atomic E-state index is 12.7. The summed E-state index contributed by atoms with van der Waals surface area (Å²) in [6.07, 6.45) is 6.22. The quantitative estimate of drug-likeness (QED) is 0.672. The molecular formula is C23H25ClN4O2. The molecule has 1 aliphatic rings. The van der Waals surface area contributed by atoms with Crippen LogP contribution >= 0.6 is 11.6 Å². The Morgan fingerprint density at radius 1 is 1.03 bits per heavy atom. The van der Waals surface area contributed by atoms with E-state index in [9.17, 15) is 9.59 Å². The van der Waals surface area contributed by atoms with Crippen LogP contribution in [-0.4, -0.2) is 39.6 Å². The van der Waals surface area contributed by atoms with E-state index in [2.05, 4.69) is 10.4 Å². The monoisotopic (exact) mass is 424 g/mol. The van der Waals surface area contributed by atoms with Crippen molar-refractivity contribution in [2.45, 2.75) is 38.8 Å². The molecule has 2 heterocycles. The average Bonchev–Trinajstić information content (AvgIpc) is 2.96. The molecule has 2 amide bonds. The molecule has 1 aliphatic heterocycles. The number of carbonyl (C=O) groups excluding carboxylic acids is 2. The Morgan fingerprint density at radius 2 is 1.80 bits per heavy atom. The Balaban J connectivity index is 1.43. The number of hydrogen-bond acceptors (Lipinski definition) is 3. The zero-order chi connectivity index (χ0) is 20.9. The fourth-order valence-corrected chi connectivity index (χ4v) is 4.02. The van der Waals surface area contributed by atoms with E-state index < -0.39 is 0 Å². The van der Waals surface area contributed by atoms with E-state index in [1.165, 1.54) is 12.8 Å². The lowest BCUT2D eigenvalue weighted by Gasteiger charge is -2.20. The van der Waals surface area contributed by atoms with E-state index in [0.29, 0.717) is 17.1 Å². The van der Waals surface area contributed by atoms with Gasteiger partial charge in [-0.3, -0.25) is 14.3 Å². The molecular weight excluding hydrogens is 400 g/mol. The van der Waals surface area contributed by atoms with Crippen LogP contribution in [0.2, 0.25) is 5.02 Å². The molecule has 0 bridgehead atoms. The average molecular weight is 425 g/mol. The van der Waals surface area contributed by atoms with Crippen molar-refractivity contribution < 1.29 is 9.59 Å². The third-order valence-electron chi connectivity index (χ3n) is 5.55. The van der Waals surface area contributed by atoms with Gasteiger partial charge in [-0.2, -0.15) is 5.10 Å². The fourth-order valence-electron chi connectivity index (χ4n) is 3.82. The molecule has 0 atom stereocenters. The number of rotatable bonds is 5. The zero-order valence-corrected chi connectivity index (χ0v) is 17.6. The summed E-state index contributed by atoms with van der Waals surface area (Å²) in [5, 5.41) is 8.74.